The summed E-state index contributed by atoms with van der Waals surface area (Å²) in [6.07, 6.45) is 0.844. The Morgan fingerprint density at radius 2 is 1.68 bits per heavy atom. The molecule has 0 heterocycles. The number of halogens is 1. The Morgan fingerprint density at radius 1 is 0.920 bits per heavy atom. The van der Waals surface area contributed by atoms with Crippen molar-refractivity contribution in [2.45, 2.75) is 6.42 Å². The highest BCUT2D eigenvalue weighted by atomic mass is 79.9. The van der Waals surface area contributed by atoms with Crippen LogP contribution in [0.1, 0.15) is 15.9 Å². The van der Waals surface area contributed by atoms with Crippen molar-refractivity contribution in [3.63, 3.8) is 0 Å². The molecular formula is C21H18BrNO2. The van der Waals surface area contributed by atoms with E-state index in [0.717, 1.165) is 16.6 Å². The summed E-state index contributed by atoms with van der Waals surface area (Å²) in [7, 11) is 0. The number of carbonyl (C=O) groups excluding carboxylic acids is 1. The molecule has 4 heteroatoms. The lowest BCUT2D eigenvalue weighted by Gasteiger charge is -2.09. The number of benzene rings is 3. The summed E-state index contributed by atoms with van der Waals surface area (Å²) in [6.45, 7) is 0.591. The lowest BCUT2D eigenvalue weighted by atomic mass is 10.2. The van der Waals surface area contributed by atoms with Gasteiger partial charge >= 0.3 is 0 Å². The van der Waals surface area contributed by atoms with Crippen LogP contribution in [0, 0.1) is 0 Å². The number of hydrogen-bond donors (Lipinski definition) is 1. The highest BCUT2D eigenvalue weighted by Gasteiger charge is 2.06. The van der Waals surface area contributed by atoms with Crippen molar-refractivity contribution in [2.24, 2.45) is 0 Å². The summed E-state index contributed by atoms with van der Waals surface area (Å²) in [5, 5.41) is 2.89. The molecule has 0 atom stereocenters. The smallest absolute Gasteiger partial charge is 0.255 e. The van der Waals surface area contributed by atoms with Crippen molar-refractivity contribution < 1.29 is 9.53 Å². The van der Waals surface area contributed by atoms with E-state index >= 15 is 0 Å². The molecule has 3 aromatic rings. The first-order valence-electron chi connectivity index (χ1n) is 8.04. The summed E-state index contributed by atoms with van der Waals surface area (Å²) in [5.41, 5.74) is 2.56. The fourth-order valence-corrected chi connectivity index (χ4v) is 2.66. The molecule has 0 aromatic heterocycles. The number of carbonyl (C=O) groups is 1. The fourth-order valence-electron chi connectivity index (χ4n) is 2.40. The molecule has 0 fully saturated rings. The summed E-state index contributed by atoms with van der Waals surface area (Å²) in [6, 6.07) is 24.9. The number of hydrogen-bond acceptors (Lipinski definition) is 2. The summed E-state index contributed by atoms with van der Waals surface area (Å²) in [5.74, 6) is 0.596. The van der Waals surface area contributed by atoms with Gasteiger partial charge in [-0.1, -0.05) is 52.3 Å². The summed E-state index contributed by atoms with van der Waals surface area (Å²) < 4.78 is 6.74. The molecule has 1 N–H and O–H groups in total. The van der Waals surface area contributed by atoms with Gasteiger partial charge < -0.3 is 10.1 Å². The minimum absolute atomic E-state index is 0.145. The van der Waals surface area contributed by atoms with Crippen molar-refractivity contribution in [2.75, 3.05) is 11.9 Å². The maximum atomic E-state index is 12.3. The van der Waals surface area contributed by atoms with Gasteiger partial charge in [0.15, 0.2) is 0 Å². The quantitative estimate of drug-likeness (QED) is 0.612. The average Bonchev–Trinajstić information content (AvgIpc) is 2.63. The van der Waals surface area contributed by atoms with Gasteiger partial charge in [0.05, 0.1) is 6.61 Å². The number of nitrogens with one attached hydrogen (secondary N) is 1. The van der Waals surface area contributed by atoms with Crippen molar-refractivity contribution in [1.82, 2.24) is 0 Å². The van der Waals surface area contributed by atoms with E-state index in [0.29, 0.717) is 17.9 Å². The van der Waals surface area contributed by atoms with E-state index in [1.165, 1.54) is 5.56 Å². The number of amides is 1. The van der Waals surface area contributed by atoms with Gasteiger partial charge in [0, 0.05) is 28.2 Å². The van der Waals surface area contributed by atoms with Crippen molar-refractivity contribution in [3.8, 4) is 5.75 Å². The molecule has 0 saturated carbocycles. The predicted octanol–water partition coefficient (Wildman–Crippen LogP) is 5.32. The highest BCUT2D eigenvalue weighted by molar-refractivity contribution is 9.10. The number of ether oxygens (including phenoxy) is 1. The zero-order chi connectivity index (χ0) is 17.5. The molecule has 0 radical (unpaired) electrons. The zero-order valence-corrected chi connectivity index (χ0v) is 15.2. The van der Waals surface area contributed by atoms with Gasteiger partial charge in [-0.2, -0.15) is 0 Å². The second-order valence-electron chi connectivity index (χ2n) is 5.57. The van der Waals surface area contributed by atoms with E-state index in [1.807, 2.05) is 54.6 Å². The lowest BCUT2D eigenvalue weighted by molar-refractivity contribution is 0.102. The molecule has 3 aromatic carbocycles. The van der Waals surface area contributed by atoms with Gasteiger partial charge in [0.1, 0.15) is 5.75 Å². The van der Waals surface area contributed by atoms with E-state index < -0.39 is 0 Å². The minimum Gasteiger partial charge on any atom is -0.493 e. The molecule has 0 unspecified atom stereocenters. The van der Waals surface area contributed by atoms with Crippen LogP contribution in [-0.4, -0.2) is 12.5 Å². The fraction of sp³-hybridized carbons (Fsp3) is 0.0952. The van der Waals surface area contributed by atoms with E-state index in [1.54, 1.807) is 12.1 Å². The van der Waals surface area contributed by atoms with Crippen molar-refractivity contribution in [1.29, 1.82) is 0 Å². The Kier molecular flexibility index (Phi) is 5.86. The van der Waals surface area contributed by atoms with Crippen LogP contribution in [0.2, 0.25) is 0 Å². The van der Waals surface area contributed by atoms with Crippen molar-refractivity contribution >= 4 is 27.5 Å². The summed E-state index contributed by atoms with van der Waals surface area (Å²) in [4.78, 5) is 12.3. The Balaban J connectivity index is 1.57. The average molecular weight is 396 g/mol. The lowest BCUT2D eigenvalue weighted by Crippen LogP contribution is -2.11. The molecule has 126 valence electrons. The van der Waals surface area contributed by atoms with Crippen molar-refractivity contribution in [3.05, 3.63) is 94.5 Å². The Hall–Kier alpha value is -2.59. The van der Waals surface area contributed by atoms with Crippen LogP contribution >= 0.6 is 15.9 Å². The molecule has 3 rings (SSSR count). The molecular weight excluding hydrogens is 378 g/mol. The first kappa shape index (κ1) is 17.2. The van der Waals surface area contributed by atoms with Gasteiger partial charge in [-0.05, 0) is 42.0 Å². The van der Waals surface area contributed by atoms with Crippen LogP contribution in [-0.2, 0) is 6.42 Å². The van der Waals surface area contributed by atoms with Gasteiger partial charge in [0.2, 0.25) is 0 Å². The Bertz CT molecular complexity index is 832. The molecule has 0 aliphatic rings. The van der Waals surface area contributed by atoms with Crippen LogP contribution < -0.4 is 10.1 Å². The second-order valence-corrected chi connectivity index (χ2v) is 6.49. The van der Waals surface area contributed by atoms with Crippen LogP contribution in [0.25, 0.3) is 0 Å². The topological polar surface area (TPSA) is 38.3 Å². The van der Waals surface area contributed by atoms with Crippen LogP contribution in [0.4, 0.5) is 5.69 Å². The SMILES string of the molecule is O=C(Nc1cccc(OCCc2ccccc2)c1)c1ccc(Br)cc1. The zero-order valence-electron chi connectivity index (χ0n) is 13.6. The molecule has 0 spiro atoms. The molecule has 25 heavy (non-hydrogen) atoms. The molecule has 1 amide bonds. The van der Waals surface area contributed by atoms with E-state index in [4.69, 9.17) is 4.74 Å². The third kappa shape index (κ3) is 5.19. The van der Waals surface area contributed by atoms with Gasteiger partial charge in [-0.25, -0.2) is 0 Å². The normalized spacial score (nSPS) is 10.3. The maximum absolute atomic E-state index is 12.3. The highest BCUT2D eigenvalue weighted by Crippen LogP contribution is 2.19. The Labute approximate surface area is 155 Å². The van der Waals surface area contributed by atoms with Crippen LogP contribution in [0.3, 0.4) is 0 Å². The maximum Gasteiger partial charge on any atom is 0.255 e. The molecule has 0 aliphatic carbocycles. The van der Waals surface area contributed by atoms with Crippen LogP contribution in [0.15, 0.2) is 83.3 Å². The Morgan fingerprint density at radius 3 is 2.44 bits per heavy atom. The largest absolute Gasteiger partial charge is 0.493 e. The third-order valence-electron chi connectivity index (χ3n) is 3.70. The molecule has 0 bridgehead atoms. The monoisotopic (exact) mass is 395 g/mol. The minimum atomic E-state index is -0.145. The van der Waals surface area contributed by atoms with Crippen LogP contribution in [0.5, 0.6) is 5.75 Å². The second kappa shape index (κ2) is 8.49. The number of anilines is 1. The standard InChI is InChI=1S/C21H18BrNO2/c22-18-11-9-17(10-12-18)21(24)23-19-7-4-8-20(15-19)25-14-13-16-5-2-1-3-6-16/h1-12,15H,13-14H2,(H,23,24). The molecule has 0 aliphatic heterocycles. The van der Waals surface area contributed by atoms with E-state index in [2.05, 4.69) is 33.4 Å². The van der Waals surface area contributed by atoms with E-state index in [-0.39, 0.29) is 5.91 Å². The number of rotatable bonds is 6. The van der Waals surface area contributed by atoms with E-state index in [9.17, 15) is 4.79 Å². The van der Waals surface area contributed by atoms with Gasteiger partial charge in [-0.15, -0.1) is 0 Å². The predicted molar refractivity (Wildman–Crippen MR) is 104 cm³/mol. The summed E-state index contributed by atoms with van der Waals surface area (Å²) >= 11 is 3.36. The first-order valence-corrected chi connectivity index (χ1v) is 8.84. The molecule has 0 saturated heterocycles. The molecule has 3 nitrogen and oxygen atoms in total. The van der Waals surface area contributed by atoms with Gasteiger partial charge in [-0.3, -0.25) is 4.79 Å². The first-order chi connectivity index (χ1) is 12.2. The van der Waals surface area contributed by atoms with Gasteiger partial charge in [0.25, 0.3) is 5.91 Å². The third-order valence-corrected chi connectivity index (χ3v) is 4.23.